The average molecular weight is 485 g/mol. The van der Waals surface area contributed by atoms with Crippen molar-refractivity contribution in [2.24, 2.45) is 0 Å². The molecule has 0 radical (unpaired) electrons. The normalized spacial score (nSPS) is 14.7. The SMILES string of the molecule is CC(C)N1CCN(C(=O)c2ccnc(Nc3cc(-c4ccc5nnn(C(C)C)c5c4)ccn3)c2)CC1. The predicted octanol–water partition coefficient (Wildman–Crippen LogP) is 4.38. The fourth-order valence-electron chi connectivity index (χ4n) is 4.56. The van der Waals surface area contributed by atoms with Gasteiger partial charge < -0.3 is 10.2 Å². The molecule has 4 aromatic rings. The lowest BCUT2D eigenvalue weighted by molar-refractivity contribution is 0.0595. The Labute approximate surface area is 211 Å². The molecule has 36 heavy (non-hydrogen) atoms. The van der Waals surface area contributed by atoms with Gasteiger partial charge in [-0.15, -0.1) is 5.10 Å². The fraction of sp³-hybridized carbons (Fsp3) is 0.370. The first kappa shape index (κ1) is 23.9. The van der Waals surface area contributed by atoms with Crippen molar-refractivity contribution in [2.45, 2.75) is 39.8 Å². The molecular formula is C27H32N8O. The number of anilines is 2. The van der Waals surface area contributed by atoms with E-state index in [2.05, 4.69) is 64.3 Å². The van der Waals surface area contributed by atoms with Crippen molar-refractivity contribution in [1.29, 1.82) is 0 Å². The van der Waals surface area contributed by atoms with Crippen LogP contribution in [0.25, 0.3) is 22.2 Å². The average Bonchev–Trinajstić information content (AvgIpc) is 3.32. The number of hydrogen-bond acceptors (Lipinski definition) is 7. The monoisotopic (exact) mass is 484 g/mol. The Bertz CT molecular complexity index is 1370. The second kappa shape index (κ2) is 10.0. The van der Waals surface area contributed by atoms with E-state index in [1.807, 2.05) is 33.8 Å². The van der Waals surface area contributed by atoms with Crippen LogP contribution in [0.15, 0.2) is 54.9 Å². The maximum atomic E-state index is 13.1. The summed E-state index contributed by atoms with van der Waals surface area (Å²) in [6.07, 6.45) is 3.43. The van der Waals surface area contributed by atoms with E-state index >= 15 is 0 Å². The molecule has 0 spiro atoms. The lowest BCUT2D eigenvalue weighted by Crippen LogP contribution is -2.50. The Balaban J connectivity index is 1.33. The number of aromatic nitrogens is 5. The third-order valence-corrected chi connectivity index (χ3v) is 6.65. The van der Waals surface area contributed by atoms with Gasteiger partial charge in [-0.1, -0.05) is 11.3 Å². The van der Waals surface area contributed by atoms with Gasteiger partial charge in [0.25, 0.3) is 5.91 Å². The van der Waals surface area contributed by atoms with E-state index in [4.69, 9.17) is 0 Å². The highest BCUT2D eigenvalue weighted by atomic mass is 16.2. The molecule has 1 N–H and O–H groups in total. The summed E-state index contributed by atoms with van der Waals surface area (Å²) in [6, 6.07) is 14.4. The highest BCUT2D eigenvalue weighted by molar-refractivity contribution is 5.95. The van der Waals surface area contributed by atoms with Crippen LogP contribution >= 0.6 is 0 Å². The van der Waals surface area contributed by atoms with Crippen LogP contribution in [0.2, 0.25) is 0 Å². The van der Waals surface area contributed by atoms with Gasteiger partial charge in [-0.25, -0.2) is 14.6 Å². The summed E-state index contributed by atoms with van der Waals surface area (Å²) in [4.78, 5) is 26.3. The van der Waals surface area contributed by atoms with E-state index < -0.39 is 0 Å². The van der Waals surface area contributed by atoms with Crippen LogP contribution in [0.5, 0.6) is 0 Å². The summed E-state index contributed by atoms with van der Waals surface area (Å²) in [5.74, 6) is 1.28. The fourth-order valence-corrected chi connectivity index (χ4v) is 4.56. The van der Waals surface area contributed by atoms with Gasteiger partial charge in [0, 0.05) is 56.2 Å². The molecule has 0 aliphatic carbocycles. The Morgan fingerprint density at radius 2 is 1.53 bits per heavy atom. The first-order valence-electron chi connectivity index (χ1n) is 12.5. The standard InChI is InChI=1S/C27H32N8O/c1-18(2)33-11-13-34(14-12-33)27(36)22-8-10-29-26(17-22)30-25-16-21(7-9-28-25)20-5-6-23-24(15-20)35(19(3)4)32-31-23/h5-10,15-19H,11-14H2,1-4H3,(H,28,29,30). The minimum Gasteiger partial charge on any atom is -0.336 e. The molecule has 1 aromatic carbocycles. The molecule has 4 heterocycles. The number of carbonyl (C=O) groups excluding carboxylic acids is 1. The Morgan fingerprint density at radius 1 is 0.833 bits per heavy atom. The van der Waals surface area contributed by atoms with Gasteiger partial charge in [-0.05, 0) is 75.2 Å². The van der Waals surface area contributed by atoms with Gasteiger partial charge in [-0.3, -0.25) is 9.69 Å². The Kier molecular flexibility index (Phi) is 6.65. The van der Waals surface area contributed by atoms with Crippen LogP contribution in [-0.2, 0) is 0 Å². The lowest BCUT2D eigenvalue weighted by Gasteiger charge is -2.37. The van der Waals surface area contributed by atoms with Crippen molar-refractivity contribution in [3.63, 3.8) is 0 Å². The van der Waals surface area contributed by atoms with Crippen LogP contribution in [0.4, 0.5) is 11.6 Å². The third-order valence-electron chi connectivity index (χ3n) is 6.65. The number of carbonyl (C=O) groups is 1. The van der Waals surface area contributed by atoms with Crippen LogP contribution in [0, 0.1) is 0 Å². The number of amides is 1. The molecule has 9 heteroatoms. The summed E-state index contributed by atoms with van der Waals surface area (Å²) in [5.41, 5.74) is 4.56. The van der Waals surface area contributed by atoms with Gasteiger partial charge in [0.2, 0.25) is 0 Å². The summed E-state index contributed by atoms with van der Waals surface area (Å²) in [6.45, 7) is 11.8. The lowest BCUT2D eigenvalue weighted by atomic mass is 10.1. The van der Waals surface area contributed by atoms with Crippen molar-refractivity contribution in [3.8, 4) is 11.1 Å². The molecule has 1 saturated heterocycles. The van der Waals surface area contributed by atoms with Crippen molar-refractivity contribution in [3.05, 3.63) is 60.4 Å². The number of nitrogens with one attached hydrogen (secondary N) is 1. The number of pyridine rings is 2. The number of hydrogen-bond donors (Lipinski definition) is 1. The molecule has 1 aliphatic rings. The molecule has 186 valence electrons. The molecule has 0 unspecified atom stereocenters. The summed E-state index contributed by atoms with van der Waals surface area (Å²) < 4.78 is 1.92. The molecule has 1 aliphatic heterocycles. The van der Waals surface area contributed by atoms with Crippen LogP contribution in [0.1, 0.15) is 44.1 Å². The minimum absolute atomic E-state index is 0.0363. The summed E-state index contributed by atoms with van der Waals surface area (Å²) in [5, 5.41) is 11.8. The third kappa shape index (κ3) is 4.92. The largest absolute Gasteiger partial charge is 0.336 e. The van der Waals surface area contributed by atoms with E-state index in [0.717, 1.165) is 48.3 Å². The summed E-state index contributed by atoms with van der Waals surface area (Å²) >= 11 is 0. The first-order valence-corrected chi connectivity index (χ1v) is 12.5. The van der Waals surface area contributed by atoms with E-state index in [-0.39, 0.29) is 11.9 Å². The van der Waals surface area contributed by atoms with Crippen LogP contribution in [-0.4, -0.2) is 72.9 Å². The zero-order chi connectivity index (χ0) is 25.2. The van der Waals surface area contributed by atoms with E-state index in [9.17, 15) is 4.79 Å². The molecule has 0 atom stereocenters. The molecule has 1 fully saturated rings. The van der Waals surface area contributed by atoms with E-state index in [1.54, 1.807) is 24.5 Å². The predicted molar refractivity (Wildman–Crippen MR) is 141 cm³/mol. The Hall–Kier alpha value is -3.85. The molecule has 3 aromatic heterocycles. The van der Waals surface area contributed by atoms with Gasteiger partial charge in [0.1, 0.15) is 17.2 Å². The topological polar surface area (TPSA) is 92.1 Å². The van der Waals surface area contributed by atoms with E-state index in [0.29, 0.717) is 23.2 Å². The maximum Gasteiger partial charge on any atom is 0.254 e. The highest BCUT2D eigenvalue weighted by Crippen LogP contribution is 2.27. The van der Waals surface area contributed by atoms with E-state index in [1.165, 1.54) is 0 Å². The second-order valence-corrected chi connectivity index (χ2v) is 9.74. The zero-order valence-corrected chi connectivity index (χ0v) is 21.2. The molecule has 9 nitrogen and oxygen atoms in total. The van der Waals surface area contributed by atoms with Crippen LogP contribution < -0.4 is 5.32 Å². The first-order chi connectivity index (χ1) is 17.4. The smallest absolute Gasteiger partial charge is 0.254 e. The molecular weight excluding hydrogens is 452 g/mol. The van der Waals surface area contributed by atoms with Gasteiger partial charge >= 0.3 is 0 Å². The Morgan fingerprint density at radius 3 is 2.25 bits per heavy atom. The number of piperazine rings is 1. The zero-order valence-electron chi connectivity index (χ0n) is 21.2. The van der Waals surface area contributed by atoms with Crippen molar-refractivity contribution < 1.29 is 4.79 Å². The maximum absolute atomic E-state index is 13.1. The minimum atomic E-state index is 0.0363. The van der Waals surface area contributed by atoms with Gasteiger partial charge in [0.15, 0.2) is 0 Å². The van der Waals surface area contributed by atoms with Crippen molar-refractivity contribution in [2.75, 3.05) is 31.5 Å². The van der Waals surface area contributed by atoms with Crippen LogP contribution in [0.3, 0.4) is 0 Å². The molecule has 1 amide bonds. The van der Waals surface area contributed by atoms with Crippen molar-refractivity contribution >= 4 is 28.6 Å². The molecule has 0 saturated carbocycles. The van der Waals surface area contributed by atoms with Crippen molar-refractivity contribution in [1.82, 2.24) is 34.8 Å². The number of fused-ring (bicyclic) bond motifs is 1. The quantitative estimate of drug-likeness (QED) is 0.434. The number of rotatable bonds is 6. The molecule has 5 rings (SSSR count). The van der Waals surface area contributed by atoms with Gasteiger partial charge in [0.05, 0.1) is 5.52 Å². The molecule has 0 bridgehead atoms. The highest BCUT2D eigenvalue weighted by Gasteiger charge is 2.23. The summed E-state index contributed by atoms with van der Waals surface area (Å²) in [7, 11) is 0. The number of nitrogens with zero attached hydrogens (tertiary/aromatic N) is 7. The second-order valence-electron chi connectivity index (χ2n) is 9.74. The number of benzene rings is 1. The van der Waals surface area contributed by atoms with Gasteiger partial charge in [-0.2, -0.15) is 0 Å².